The van der Waals surface area contributed by atoms with Crippen LogP contribution in [-0.4, -0.2) is 59.6 Å². The van der Waals surface area contributed by atoms with E-state index in [-0.39, 0.29) is 23.1 Å². The highest BCUT2D eigenvalue weighted by atomic mass is 16.7. The second-order valence-corrected chi connectivity index (χ2v) is 13.5. The standard InChI is InChI=1S/C30H44BNO6/c1-10-20-16-21(31-37-28(6,7)29(8,9)38-31)15-19(2)24(20)25-22(33)17-30(18-23(25)34)11-13-32(14-12-30)26(35)36-27(3,4)5/h15-16,25H,10-14,17-18H2,1-9H3. The Morgan fingerprint density at radius 1 is 1.03 bits per heavy atom. The number of benzene rings is 1. The van der Waals surface area contributed by atoms with E-state index in [0.29, 0.717) is 45.2 Å². The number of Topliss-reactive ketones (excluding diaryl/α,β-unsaturated/α-hetero) is 2. The number of ketones is 2. The monoisotopic (exact) mass is 525 g/mol. The second-order valence-electron chi connectivity index (χ2n) is 13.5. The van der Waals surface area contributed by atoms with E-state index < -0.39 is 29.8 Å². The van der Waals surface area contributed by atoms with Crippen LogP contribution in [0.4, 0.5) is 4.79 Å². The fraction of sp³-hybridized carbons (Fsp3) is 0.700. The van der Waals surface area contributed by atoms with Crippen molar-refractivity contribution in [3.8, 4) is 0 Å². The molecule has 1 aliphatic carbocycles. The number of carbonyl (C=O) groups is 3. The lowest BCUT2D eigenvalue weighted by Crippen LogP contribution is -2.49. The highest BCUT2D eigenvalue weighted by Gasteiger charge is 2.52. The van der Waals surface area contributed by atoms with Gasteiger partial charge in [0.25, 0.3) is 0 Å². The van der Waals surface area contributed by atoms with Crippen molar-refractivity contribution in [3.63, 3.8) is 0 Å². The Morgan fingerprint density at radius 2 is 1.55 bits per heavy atom. The van der Waals surface area contributed by atoms with Crippen LogP contribution in [0.2, 0.25) is 0 Å². The zero-order chi connectivity index (χ0) is 28.3. The molecule has 0 atom stereocenters. The fourth-order valence-electron chi connectivity index (χ4n) is 6.07. The molecule has 0 N–H and O–H groups in total. The van der Waals surface area contributed by atoms with Crippen LogP contribution < -0.4 is 5.46 Å². The molecule has 8 heteroatoms. The summed E-state index contributed by atoms with van der Waals surface area (Å²) in [6.07, 6.45) is 2.38. The summed E-state index contributed by atoms with van der Waals surface area (Å²) in [5.41, 5.74) is 1.88. The minimum absolute atomic E-state index is 0.00634. The van der Waals surface area contributed by atoms with Gasteiger partial charge in [-0.3, -0.25) is 9.59 Å². The van der Waals surface area contributed by atoms with E-state index in [1.165, 1.54) is 0 Å². The summed E-state index contributed by atoms with van der Waals surface area (Å²) in [5, 5.41) is 0. The van der Waals surface area contributed by atoms with Crippen LogP contribution in [0.3, 0.4) is 0 Å². The summed E-state index contributed by atoms with van der Waals surface area (Å²) < 4.78 is 18.0. The minimum atomic E-state index is -0.730. The summed E-state index contributed by atoms with van der Waals surface area (Å²) in [5.74, 6) is -0.742. The van der Waals surface area contributed by atoms with Crippen LogP contribution in [0.15, 0.2) is 12.1 Å². The van der Waals surface area contributed by atoms with Crippen LogP contribution in [0.1, 0.15) is 104 Å². The fourth-order valence-corrected chi connectivity index (χ4v) is 6.07. The van der Waals surface area contributed by atoms with Crippen LogP contribution in [0.25, 0.3) is 0 Å². The molecular weight excluding hydrogens is 481 g/mol. The number of likely N-dealkylation sites (tertiary alicyclic amines) is 1. The molecule has 0 bridgehead atoms. The maximum absolute atomic E-state index is 13.6. The van der Waals surface area contributed by atoms with Crippen molar-refractivity contribution in [3.05, 3.63) is 28.8 Å². The summed E-state index contributed by atoms with van der Waals surface area (Å²) in [7, 11) is -0.491. The Bertz CT molecular complexity index is 1090. The van der Waals surface area contributed by atoms with Crippen molar-refractivity contribution in [2.45, 2.75) is 117 Å². The van der Waals surface area contributed by atoms with E-state index in [1.807, 2.05) is 61.5 Å². The number of rotatable bonds is 3. The molecule has 2 aliphatic heterocycles. The van der Waals surface area contributed by atoms with E-state index in [2.05, 4.69) is 13.0 Å². The molecule has 1 spiro atoms. The molecular formula is C30H44BNO6. The van der Waals surface area contributed by atoms with Crippen molar-refractivity contribution >= 4 is 30.2 Å². The minimum Gasteiger partial charge on any atom is -0.444 e. The first kappa shape index (κ1) is 28.8. The zero-order valence-electron chi connectivity index (χ0n) is 24.7. The Hall–Kier alpha value is -2.19. The van der Waals surface area contributed by atoms with Crippen molar-refractivity contribution in [1.29, 1.82) is 0 Å². The highest BCUT2D eigenvalue weighted by molar-refractivity contribution is 6.62. The van der Waals surface area contributed by atoms with Gasteiger partial charge in [0.05, 0.1) is 11.2 Å². The number of ether oxygens (including phenoxy) is 1. The number of carbonyl (C=O) groups excluding carboxylic acids is 3. The molecule has 1 amide bonds. The van der Waals surface area contributed by atoms with E-state index >= 15 is 0 Å². The first-order valence-corrected chi connectivity index (χ1v) is 14.0. The number of piperidine rings is 1. The molecule has 1 saturated carbocycles. The number of amides is 1. The van der Waals surface area contributed by atoms with Gasteiger partial charge >= 0.3 is 13.2 Å². The summed E-state index contributed by atoms with van der Waals surface area (Å²) >= 11 is 0. The van der Waals surface area contributed by atoms with Gasteiger partial charge < -0.3 is 18.9 Å². The van der Waals surface area contributed by atoms with Crippen molar-refractivity contribution in [2.24, 2.45) is 5.41 Å². The highest BCUT2D eigenvalue weighted by Crippen LogP contribution is 2.47. The molecule has 38 heavy (non-hydrogen) atoms. The molecule has 7 nitrogen and oxygen atoms in total. The molecule has 4 rings (SSSR count). The van der Waals surface area contributed by atoms with Gasteiger partial charge in [0.15, 0.2) is 0 Å². The lowest BCUT2D eigenvalue weighted by atomic mass is 9.62. The summed E-state index contributed by atoms with van der Waals surface area (Å²) in [6.45, 7) is 18.7. The van der Waals surface area contributed by atoms with E-state index in [1.54, 1.807) is 4.90 Å². The van der Waals surface area contributed by atoms with Gasteiger partial charge in [0.1, 0.15) is 23.1 Å². The number of hydrogen-bond acceptors (Lipinski definition) is 6. The molecule has 0 radical (unpaired) electrons. The molecule has 1 aromatic rings. The third kappa shape index (κ3) is 5.44. The first-order valence-electron chi connectivity index (χ1n) is 14.0. The Morgan fingerprint density at radius 3 is 2.03 bits per heavy atom. The van der Waals surface area contributed by atoms with Gasteiger partial charge in [-0.05, 0) is 102 Å². The van der Waals surface area contributed by atoms with Crippen LogP contribution in [0.5, 0.6) is 0 Å². The Labute approximate surface area is 228 Å². The van der Waals surface area contributed by atoms with Crippen LogP contribution in [0, 0.1) is 12.3 Å². The van der Waals surface area contributed by atoms with Crippen LogP contribution >= 0.6 is 0 Å². The van der Waals surface area contributed by atoms with Gasteiger partial charge in [-0.25, -0.2) is 4.79 Å². The maximum atomic E-state index is 13.6. The molecule has 3 aliphatic rings. The lowest BCUT2D eigenvalue weighted by molar-refractivity contribution is -0.138. The number of aryl methyl sites for hydroxylation is 2. The third-order valence-corrected chi connectivity index (χ3v) is 8.91. The van der Waals surface area contributed by atoms with E-state index in [0.717, 1.165) is 22.2 Å². The normalized spacial score (nSPS) is 23.3. The summed E-state index contributed by atoms with van der Waals surface area (Å²) in [6, 6.07) is 4.07. The Balaban J connectivity index is 1.52. The molecule has 3 fully saturated rings. The topological polar surface area (TPSA) is 82.1 Å². The smallest absolute Gasteiger partial charge is 0.444 e. The van der Waals surface area contributed by atoms with Gasteiger partial charge in [0.2, 0.25) is 0 Å². The van der Waals surface area contributed by atoms with E-state index in [4.69, 9.17) is 14.0 Å². The second kappa shape index (κ2) is 9.78. The van der Waals surface area contributed by atoms with E-state index in [9.17, 15) is 14.4 Å². The maximum Gasteiger partial charge on any atom is 0.494 e. The molecule has 1 aromatic carbocycles. The van der Waals surface area contributed by atoms with Gasteiger partial charge in [0, 0.05) is 25.9 Å². The Kier molecular flexibility index (Phi) is 7.41. The molecule has 2 heterocycles. The largest absolute Gasteiger partial charge is 0.494 e. The average molecular weight is 525 g/mol. The van der Waals surface area contributed by atoms with Gasteiger partial charge in [-0.2, -0.15) is 0 Å². The van der Waals surface area contributed by atoms with Crippen molar-refractivity contribution in [1.82, 2.24) is 4.90 Å². The summed E-state index contributed by atoms with van der Waals surface area (Å²) in [4.78, 5) is 41.5. The molecule has 2 saturated heterocycles. The predicted octanol–water partition coefficient (Wildman–Crippen LogP) is 4.89. The molecule has 0 unspecified atom stereocenters. The molecule has 0 aromatic heterocycles. The van der Waals surface area contributed by atoms with Gasteiger partial charge in [-0.15, -0.1) is 0 Å². The molecule has 208 valence electrons. The number of hydrogen-bond donors (Lipinski definition) is 0. The zero-order valence-corrected chi connectivity index (χ0v) is 24.7. The SMILES string of the molecule is CCc1cc(B2OC(C)(C)C(C)(C)O2)cc(C)c1C1C(=O)CC2(CCN(C(=O)OC(C)(C)C)CC2)CC1=O. The van der Waals surface area contributed by atoms with Gasteiger partial charge in [-0.1, -0.05) is 19.1 Å². The van der Waals surface area contributed by atoms with Crippen molar-refractivity contribution < 1.29 is 28.4 Å². The third-order valence-electron chi connectivity index (χ3n) is 8.91. The first-order chi connectivity index (χ1) is 17.5. The number of nitrogens with zero attached hydrogens (tertiary/aromatic N) is 1. The van der Waals surface area contributed by atoms with Crippen LogP contribution in [-0.2, 0) is 30.1 Å². The lowest BCUT2D eigenvalue weighted by Gasteiger charge is -2.44. The quantitative estimate of drug-likeness (QED) is 0.413. The predicted molar refractivity (Wildman–Crippen MR) is 148 cm³/mol. The average Bonchev–Trinajstić information content (AvgIpc) is 3.00. The van der Waals surface area contributed by atoms with Crippen molar-refractivity contribution in [2.75, 3.05) is 13.1 Å².